The normalized spacial score (nSPS) is 21.0. The summed E-state index contributed by atoms with van der Waals surface area (Å²) in [6, 6.07) is 11.5. The summed E-state index contributed by atoms with van der Waals surface area (Å²) in [6.07, 6.45) is 1.26. The highest BCUT2D eigenvalue weighted by Crippen LogP contribution is 2.41. The van der Waals surface area contributed by atoms with Gasteiger partial charge in [-0.25, -0.2) is 9.97 Å². The predicted molar refractivity (Wildman–Crippen MR) is 105 cm³/mol. The molecular weight excluding hydrogens is 386 g/mol. The van der Waals surface area contributed by atoms with Gasteiger partial charge in [-0.2, -0.15) is 0 Å². The summed E-state index contributed by atoms with van der Waals surface area (Å²) in [6.45, 7) is 3.92. The van der Waals surface area contributed by atoms with Crippen LogP contribution in [0.4, 0.5) is 5.82 Å². The standard InChI is InChI=1S/C19H22ClN3O3S/c20-18-21-16(14-17(22-18)23-8-12-26-13-9-23)19(6-10-25-11-7-19)27(24)15-4-2-1-3-5-15/h1-5,14H,6-13H2. The van der Waals surface area contributed by atoms with Gasteiger partial charge < -0.3 is 14.4 Å². The molecule has 144 valence electrons. The highest BCUT2D eigenvalue weighted by Gasteiger charge is 2.43. The van der Waals surface area contributed by atoms with Crippen molar-refractivity contribution < 1.29 is 13.7 Å². The van der Waals surface area contributed by atoms with E-state index >= 15 is 0 Å². The smallest absolute Gasteiger partial charge is 0.224 e. The van der Waals surface area contributed by atoms with E-state index in [0.29, 0.717) is 39.3 Å². The zero-order valence-corrected chi connectivity index (χ0v) is 16.5. The summed E-state index contributed by atoms with van der Waals surface area (Å²) in [7, 11) is -1.27. The Balaban J connectivity index is 1.76. The number of hydrogen-bond donors (Lipinski definition) is 0. The van der Waals surface area contributed by atoms with Crippen LogP contribution in [0.1, 0.15) is 18.5 Å². The minimum Gasteiger partial charge on any atom is -0.381 e. The van der Waals surface area contributed by atoms with E-state index in [1.807, 2.05) is 36.4 Å². The molecule has 0 aliphatic carbocycles. The topological polar surface area (TPSA) is 64.6 Å². The Morgan fingerprint density at radius 1 is 1.00 bits per heavy atom. The average molecular weight is 408 g/mol. The van der Waals surface area contributed by atoms with Gasteiger partial charge in [-0.1, -0.05) is 18.2 Å². The summed E-state index contributed by atoms with van der Waals surface area (Å²) in [5.74, 6) is 0.768. The molecule has 27 heavy (non-hydrogen) atoms. The van der Waals surface area contributed by atoms with Crippen LogP contribution in [0.15, 0.2) is 41.3 Å². The molecule has 6 nitrogen and oxygen atoms in total. The molecular formula is C19H22ClN3O3S. The molecule has 8 heteroatoms. The molecule has 0 spiro atoms. The van der Waals surface area contributed by atoms with Crippen LogP contribution in [0.3, 0.4) is 0 Å². The number of nitrogens with zero attached hydrogens (tertiary/aromatic N) is 3. The van der Waals surface area contributed by atoms with Gasteiger partial charge in [-0.3, -0.25) is 4.21 Å². The molecule has 3 heterocycles. The van der Waals surface area contributed by atoms with E-state index in [2.05, 4.69) is 14.9 Å². The van der Waals surface area contributed by atoms with Crippen molar-refractivity contribution in [2.45, 2.75) is 22.5 Å². The van der Waals surface area contributed by atoms with Gasteiger partial charge >= 0.3 is 0 Å². The molecule has 0 saturated carbocycles. The Bertz CT molecular complexity index is 809. The first-order chi connectivity index (χ1) is 13.2. The lowest BCUT2D eigenvalue weighted by atomic mass is 9.94. The second-order valence-electron chi connectivity index (χ2n) is 6.67. The van der Waals surface area contributed by atoms with Gasteiger partial charge in [0.1, 0.15) is 5.82 Å². The number of anilines is 1. The van der Waals surface area contributed by atoms with Crippen molar-refractivity contribution in [1.29, 1.82) is 0 Å². The van der Waals surface area contributed by atoms with Crippen LogP contribution in [0, 0.1) is 0 Å². The maximum atomic E-state index is 13.6. The van der Waals surface area contributed by atoms with Crippen LogP contribution in [-0.4, -0.2) is 53.7 Å². The Hall–Kier alpha value is -1.54. The Kier molecular flexibility index (Phi) is 5.73. The molecule has 1 atom stereocenters. The van der Waals surface area contributed by atoms with Crippen molar-refractivity contribution in [1.82, 2.24) is 9.97 Å². The van der Waals surface area contributed by atoms with E-state index in [1.165, 1.54) is 0 Å². The second kappa shape index (κ2) is 8.22. The Labute approximate surface area is 166 Å². The lowest BCUT2D eigenvalue weighted by Crippen LogP contribution is -2.40. The van der Waals surface area contributed by atoms with Crippen LogP contribution in [0.5, 0.6) is 0 Å². The van der Waals surface area contributed by atoms with E-state index in [4.69, 9.17) is 21.1 Å². The Morgan fingerprint density at radius 2 is 1.67 bits per heavy atom. The van der Waals surface area contributed by atoms with Crippen LogP contribution in [-0.2, 0) is 25.0 Å². The summed E-state index contributed by atoms with van der Waals surface area (Å²) >= 11 is 6.29. The van der Waals surface area contributed by atoms with Crippen LogP contribution in [0.2, 0.25) is 5.28 Å². The zero-order valence-electron chi connectivity index (χ0n) is 15.0. The van der Waals surface area contributed by atoms with Crippen molar-refractivity contribution in [3.8, 4) is 0 Å². The largest absolute Gasteiger partial charge is 0.381 e. The summed E-state index contributed by atoms with van der Waals surface area (Å²) in [5, 5.41) is 0.185. The summed E-state index contributed by atoms with van der Waals surface area (Å²) in [5.41, 5.74) is 0.731. The van der Waals surface area contributed by atoms with E-state index in [-0.39, 0.29) is 5.28 Å². The number of halogens is 1. The first-order valence-electron chi connectivity index (χ1n) is 9.11. The molecule has 2 aliphatic heterocycles. The molecule has 2 fully saturated rings. The molecule has 1 aromatic carbocycles. The fourth-order valence-electron chi connectivity index (χ4n) is 3.60. The fourth-order valence-corrected chi connectivity index (χ4v) is 5.47. The van der Waals surface area contributed by atoms with Gasteiger partial charge in [0.25, 0.3) is 0 Å². The second-order valence-corrected chi connectivity index (χ2v) is 8.80. The zero-order chi connectivity index (χ0) is 18.7. The Morgan fingerprint density at radius 3 is 2.37 bits per heavy atom. The highest BCUT2D eigenvalue weighted by molar-refractivity contribution is 7.86. The predicted octanol–water partition coefficient (Wildman–Crippen LogP) is 2.78. The van der Waals surface area contributed by atoms with Gasteiger partial charge in [0.15, 0.2) is 0 Å². The SMILES string of the molecule is O=S(c1ccccc1)C1(c2cc(N3CCOCC3)nc(Cl)n2)CCOCC1. The average Bonchev–Trinajstić information content (AvgIpc) is 2.74. The quantitative estimate of drug-likeness (QED) is 0.726. The molecule has 0 bridgehead atoms. The fraction of sp³-hybridized carbons (Fsp3) is 0.474. The number of aromatic nitrogens is 2. The minimum absolute atomic E-state index is 0.185. The summed E-state index contributed by atoms with van der Waals surface area (Å²) in [4.78, 5) is 11.9. The third-order valence-corrected chi connectivity index (χ3v) is 7.30. The lowest BCUT2D eigenvalue weighted by Gasteiger charge is -2.36. The lowest BCUT2D eigenvalue weighted by molar-refractivity contribution is 0.0744. The molecule has 0 amide bonds. The molecule has 1 aromatic heterocycles. The molecule has 2 saturated heterocycles. The van der Waals surface area contributed by atoms with Gasteiger partial charge in [0.2, 0.25) is 5.28 Å². The van der Waals surface area contributed by atoms with E-state index in [1.54, 1.807) is 0 Å². The third kappa shape index (κ3) is 3.87. The minimum atomic E-state index is -1.27. The molecule has 2 aromatic rings. The van der Waals surface area contributed by atoms with Crippen molar-refractivity contribution in [2.75, 3.05) is 44.4 Å². The van der Waals surface area contributed by atoms with Gasteiger partial charge in [-0.15, -0.1) is 0 Å². The van der Waals surface area contributed by atoms with E-state index in [0.717, 1.165) is 29.5 Å². The highest BCUT2D eigenvalue weighted by atomic mass is 35.5. The molecule has 2 aliphatic rings. The maximum absolute atomic E-state index is 13.6. The van der Waals surface area contributed by atoms with Crippen molar-refractivity contribution in [3.05, 3.63) is 47.4 Å². The number of ether oxygens (including phenoxy) is 2. The first kappa shape index (κ1) is 18.8. The molecule has 1 unspecified atom stereocenters. The van der Waals surface area contributed by atoms with Crippen molar-refractivity contribution in [2.24, 2.45) is 0 Å². The number of morpholine rings is 1. The third-order valence-electron chi connectivity index (χ3n) is 5.10. The van der Waals surface area contributed by atoms with Crippen LogP contribution >= 0.6 is 11.6 Å². The van der Waals surface area contributed by atoms with Crippen LogP contribution < -0.4 is 4.90 Å². The monoisotopic (exact) mass is 407 g/mol. The van der Waals surface area contributed by atoms with E-state index < -0.39 is 15.5 Å². The van der Waals surface area contributed by atoms with Gasteiger partial charge in [-0.05, 0) is 36.6 Å². The first-order valence-corrected chi connectivity index (χ1v) is 10.6. The molecule has 4 rings (SSSR count). The number of benzene rings is 1. The maximum Gasteiger partial charge on any atom is 0.224 e. The van der Waals surface area contributed by atoms with E-state index in [9.17, 15) is 4.21 Å². The molecule has 0 radical (unpaired) electrons. The summed E-state index contributed by atoms with van der Waals surface area (Å²) < 4.78 is 24.0. The van der Waals surface area contributed by atoms with Gasteiger partial charge in [0, 0.05) is 37.3 Å². The number of hydrogen-bond acceptors (Lipinski definition) is 6. The van der Waals surface area contributed by atoms with Crippen molar-refractivity contribution >= 4 is 28.2 Å². The van der Waals surface area contributed by atoms with Crippen molar-refractivity contribution in [3.63, 3.8) is 0 Å². The van der Waals surface area contributed by atoms with Gasteiger partial charge in [0.05, 0.1) is 34.5 Å². The molecule has 0 N–H and O–H groups in total. The van der Waals surface area contributed by atoms with Crippen LogP contribution in [0.25, 0.3) is 0 Å². The number of rotatable bonds is 4.